The van der Waals surface area contributed by atoms with Gasteiger partial charge in [-0.25, -0.2) is 14.6 Å². The number of β-lactam (4-membered cyclic amide) rings is 1. The highest BCUT2D eigenvalue weighted by molar-refractivity contribution is 8.00. The van der Waals surface area contributed by atoms with Crippen LogP contribution in [-0.4, -0.2) is 91.3 Å². The van der Waals surface area contributed by atoms with Crippen molar-refractivity contribution in [2.75, 3.05) is 24.6 Å². The van der Waals surface area contributed by atoms with Gasteiger partial charge in [-0.3, -0.25) is 19.5 Å². The number of hydrogen-bond acceptors (Lipinski definition) is 12. The van der Waals surface area contributed by atoms with Crippen molar-refractivity contribution in [3.8, 4) is 0 Å². The van der Waals surface area contributed by atoms with Gasteiger partial charge in [-0.1, -0.05) is 59.8 Å². The van der Waals surface area contributed by atoms with Gasteiger partial charge in [0.15, 0.2) is 10.8 Å². The molecule has 6 rings (SSSR count). The van der Waals surface area contributed by atoms with Gasteiger partial charge in [0, 0.05) is 23.2 Å². The molecule has 17 heteroatoms. The summed E-state index contributed by atoms with van der Waals surface area (Å²) in [6, 6.07) is 13.8. The zero-order valence-corrected chi connectivity index (χ0v) is 34.0. The predicted molar refractivity (Wildman–Crippen MR) is 225 cm³/mol. The van der Waals surface area contributed by atoms with Crippen molar-refractivity contribution >= 4 is 69.6 Å². The van der Waals surface area contributed by atoms with E-state index in [4.69, 9.17) is 22.0 Å². The summed E-state index contributed by atoms with van der Waals surface area (Å²) >= 11 is 2.41. The van der Waals surface area contributed by atoms with Crippen molar-refractivity contribution in [1.29, 1.82) is 0 Å². The summed E-state index contributed by atoms with van der Waals surface area (Å²) in [5, 5.41) is 27.0. The van der Waals surface area contributed by atoms with Crippen LogP contribution >= 0.6 is 23.1 Å². The number of nitrogens with one attached hydrogen (secondary N) is 1. The van der Waals surface area contributed by atoms with Crippen LogP contribution in [0.25, 0.3) is 6.08 Å². The molecule has 0 spiro atoms. The van der Waals surface area contributed by atoms with E-state index in [1.807, 2.05) is 12.1 Å². The molecule has 0 bridgehead atoms. The molecule has 1 aromatic heterocycles. The van der Waals surface area contributed by atoms with Gasteiger partial charge in [0.2, 0.25) is 5.60 Å². The molecule has 2 aliphatic heterocycles. The molecular weight excluding hydrogens is 781 g/mol. The van der Waals surface area contributed by atoms with Crippen LogP contribution in [-0.2, 0) is 43.3 Å². The van der Waals surface area contributed by atoms with Crippen LogP contribution < -0.4 is 22.5 Å². The Morgan fingerprint density at radius 2 is 1.84 bits per heavy atom. The molecule has 2 aromatic carbocycles. The number of thioether (sulfide) groups is 1. The Labute approximate surface area is 344 Å². The third-order valence-electron chi connectivity index (χ3n) is 10.3. The lowest BCUT2D eigenvalue weighted by Gasteiger charge is -2.49. The average Bonchev–Trinajstić information content (AvgIpc) is 3.53. The number of aryl methyl sites for hydroxylation is 3. The summed E-state index contributed by atoms with van der Waals surface area (Å²) in [6.07, 6.45) is 10.5. The topological polar surface area (TPSA) is 249 Å². The van der Waals surface area contributed by atoms with E-state index < -0.39 is 40.8 Å². The number of anilines is 1. The van der Waals surface area contributed by atoms with Crippen molar-refractivity contribution in [3.63, 3.8) is 0 Å². The standard InChI is InChI=1S/C41H48N8O7S2/c1-41(2,39(54)55)56-48-31(30-22-58-40(44)46-30)35(50)47-32-36(51)49-33(38(52)53)29(21-57-37(32)49)5-3-4-25-12-14-26-13-8-23(11-17-28(26)20-25)6-7-24-9-15-27(16-10-24)34(43)45-19-18-42/h9-12,14-17,20,22-23,32,37H,3-8,13,18-19,21,42H2,1-2H3,(H2,43,45)(H2,44,46)(H,47,50)(H,52,53)(H,54,55)/b48-31-/t23?,32-,37-/m1/s1. The number of benzene rings is 2. The molecule has 9 N–H and O–H groups in total. The number of amides is 2. The highest BCUT2D eigenvalue weighted by Crippen LogP contribution is 2.41. The van der Waals surface area contributed by atoms with E-state index in [9.17, 15) is 29.4 Å². The summed E-state index contributed by atoms with van der Waals surface area (Å²) in [4.78, 5) is 65.7. The molecular formula is C41H48N8O7S2. The minimum absolute atomic E-state index is 0.0373. The molecule has 2 amide bonds. The number of carbonyl (C=O) groups is 4. The molecule has 3 aromatic rings. The van der Waals surface area contributed by atoms with Gasteiger partial charge in [-0.2, -0.15) is 0 Å². The first-order valence-electron chi connectivity index (χ1n) is 19.1. The van der Waals surface area contributed by atoms with Crippen LogP contribution in [0.2, 0.25) is 0 Å². The van der Waals surface area contributed by atoms with Gasteiger partial charge in [0.05, 0.1) is 6.54 Å². The van der Waals surface area contributed by atoms with Gasteiger partial charge in [-0.05, 0) is 92.5 Å². The second-order valence-corrected chi connectivity index (χ2v) is 16.9. The van der Waals surface area contributed by atoms with E-state index in [2.05, 4.69) is 62.9 Å². The SMILES string of the molecule is CC(C)(O/N=C(\C(=O)N[C@@H]1C(=O)N2C(C(=O)O)=C(CCCc3ccc4c(c3)C=CC(CCc3ccc(C(N)=NCCN)cc3)CC4)CS[C@H]12)c1csc(N)n1)C(=O)O. The predicted octanol–water partition coefficient (Wildman–Crippen LogP) is 3.94. The lowest BCUT2D eigenvalue weighted by atomic mass is 9.94. The first kappa shape index (κ1) is 42.1. The van der Waals surface area contributed by atoms with Crippen molar-refractivity contribution in [3.05, 3.63) is 98.7 Å². The number of aliphatic carboxylic acids is 2. The van der Waals surface area contributed by atoms with Gasteiger partial charge in [0.25, 0.3) is 11.8 Å². The zero-order valence-electron chi connectivity index (χ0n) is 32.3. The molecule has 1 aliphatic carbocycles. The smallest absolute Gasteiger partial charge is 0.352 e. The van der Waals surface area contributed by atoms with Crippen LogP contribution in [0, 0.1) is 5.92 Å². The zero-order chi connectivity index (χ0) is 41.6. The van der Waals surface area contributed by atoms with E-state index >= 15 is 0 Å². The molecule has 3 aliphatic rings. The molecule has 306 valence electrons. The Balaban J connectivity index is 1.04. The fourth-order valence-corrected chi connectivity index (χ4v) is 8.90. The number of aromatic nitrogens is 1. The van der Waals surface area contributed by atoms with Gasteiger partial charge in [0.1, 0.15) is 28.6 Å². The summed E-state index contributed by atoms with van der Waals surface area (Å²) in [5.41, 5.74) is 21.7. The maximum absolute atomic E-state index is 13.4. The summed E-state index contributed by atoms with van der Waals surface area (Å²) < 4.78 is 0. The number of allylic oxidation sites excluding steroid dienone is 1. The number of carboxylic acids is 2. The minimum atomic E-state index is -1.76. The van der Waals surface area contributed by atoms with Crippen LogP contribution in [0.15, 0.2) is 75.3 Å². The lowest BCUT2D eigenvalue weighted by Crippen LogP contribution is -2.71. The molecule has 1 saturated heterocycles. The highest BCUT2D eigenvalue weighted by Gasteiger charge is 2.54. The Kier molecular flexibility index (Phi) is 13.3. The van der Waals surface area contributed by atoms with Crippen LogP contribution in [0.5, 0.6) is 0 Å². The van der Waals surface area contributed by atoms with Crippen molar-refractivity contribution in [2.24, 2.45) is 27.5 Å². The average molecular weight is 829 g/mol. The van der Waals surface area contributed by atoms with E-state index in [0.717, 1.165) is 54.6 Å². The van der Waals surface area contributed by atoms with Crippen molar-refractivity contribution < 1.29 is 34.2 Å². The summed E-state index contributed by atoms with van der Waals surface area (Å²) in [6.45, 7) is 3.50. The number of hydrogen-bond donors (Lipinski definition) is 6. The molecule has 1 unspecified atom stereocenters. The number of carbonyl (C=O) groups excluding carboxylic acids is 2. The quantitative estimate of drug-likeness (QED) is 0.0490. The molecule has 58 heavy (non-hydrogen) atoms. The summed E-state index contributed by atoms with van der Waals surface area (Å²) in [5.74, 6) is -2.61. The van der Waals surface area contributed by atoms with Gasteiger partial charge < -0.3 is 37.6 Å². The number of amidine groups is 1. The number of fused-ring (bicyclic) bond motifs is 2. The van der Waals surface area contributed by atoms with E-state index in [-0.39, 0.29) is 22.2 Å². The molecule has 1 fully saturated rings. The van der Waals surface area contributed by atoms with Crippen LogP contribution in [0.3, 0.4) is 0 Å². The molecule has 15 nitrogen and oxygen atoms in total. The minimum Gasteiger partial charge on any atom is -0.478 e. The second-order valence-electron chi connectivity index (χ2n) is 14.9. The monoisotopic (exact) mass is 828 g/mol. The summed E-state index contributed by atoms with van der Waals surface area (Å²) in [7, 11) is 0. The normalized spacial score (nSPS) is 19.5. The molecule has 0 saturated carbocycles. The number of thiazole rings is 1. The van der Waals surface area contributed by atoms with Crippen LogP contribution in [0.1, 0.15) is 73.0 Å². The van der Waals surface area contributed by atoms with E-state index in [0.29, 0.717) is 49.0 Å². The third kappa shape index (κ3) is 9.77. The molecule has 3 heterocycles. The molecule has 3 atom stereocenters. The largest absolute Gasteiger partial charge is 0.478 e. The first-order chi connectivity index (χ1) is 27.7. The highest BCUT2D eigenvalue weighted by atomic mass is 32.2. The first-order valence-corrected chi connectivity index (χ1v) is 21.0. The van der Waals surface area contributed by atoms with Crippen molar-refractivity contribution in [1.82, 2.24) is 15.2 Å². The Morgan fingerprint density at radius 3 is 2.53 bits per heavy atom. The van der Waals surface area contributed by atoms with E-state index in [1.165, 1.54) is 52.6 Å². The van der Waals surface area contributed by atoms with Crippen LogP contribution in [0.4, 0.5) is 5.13 Å². The fourth-order valence-electron chi connectivity index (χ4n) is 6.96. The third-order valence-corrected chi connectivity index (χ3v) is 12.4. The maximum atomic E-state index is 13.4. The fraction of sp³-hybridized carbons (Fsp3) is 0.390. The number of carboxylic acid groups (broad SMARTS) is 2. The van der Waals surface area contributed by atoms with Gasteiger partial charge in [-0.15, -0.1) is 23.1 Å². The maximum Gasteiger partial charge on any atom is 0.352 e. The number of nitrogens with two attached hydrogens (primary N) is 3. The number of nitrogen functional groups attached to an aromatic ring is 1. The van der Waals surface area contributed by atoms with Gasteiger partial charge >= 0.3 is 11.9 Å². The Bertz CT molecular complexity index is 2180. The second kappa shape index (κ2) is 18.4. The number of aliphatic imine (C=N–C) groups is 1. The number of nitrogens with zero attached hydrogens (tertiary/aromatic N) is 4. The Hall–Kier alpha value is -5.52. The number of rotatable bonds is 17. The lowest BCUT2D eigenvalue weighted by molar-refractivity contribution is -0.161. The van der Waals surface area contributed by atoms with Crippen molar-refractivity contribution in [2.45, 2.75) is 75.8 Å². The molecule has 0 radical (unpaired) electrons. The van der Waals surface area contributed by atoms with E-state index in [1.54, 1.807) is 0 Å². The Morgan fingerprint density at radius 1 is 1.09 bits per heavy atom. The number of oxime groups is 1.